The number of carbonyl (C=O) groups excluding carboxylic acids is 2. The van der Waals surface area contributed by atoms with Gasteiger partial charge < -0.3 is 19.3 Å². The third-order valence-corrected chi connectivity index (χ3v) is 8.55. The zero-order chi connectivity index (χ0) is 35.6. The normalized spacial score (nSPS) is 13.6. The van der Waals surface area contributed by atoms with Crippen molar-refractivity contribution in [1.29, 1.82) is 0 Å². The van der Waals surface area contributed by atoms with E-state index in [2.05, 4.69) is 83.9 Å². The number of hydrogen-bond donors (Lipinski definition) is 0. The van der Waals surface area contributed by atoms with Gasteiger partial charge in [-0.1, -0.05) is 118 Å². The number of rotatable bonds is 14. The lowest BCUT2D eigenvalue weighted by Gasteiger charge is -2.23. The minimum atomic E-state index is 0.245. The summed E-state index contributed by atoms with van der Waals surface area (Å²) in [6, 6.07) is 14.9. The van der Waals surface area contributed by atoms with Crippen molar-refractivity contribution in [3.8, 4) is 5.75 Å². The first kappa shape index (κ1) is 44.3. The lowest BCUT2D eigenvalue weighted by molar-refractivity contribution is -0.117. The Morgan fingerprint density at radius 3 is 2.11 bits per heavy atom. The van der Waals surface area contributed by atoms with Gasteiger partial charge in [-0.05, 0) is 93.9 Å². The highest BCUT2D eigenvalue weighted by molar-refractivity contribution is 6.01. The molecule has 0 aliphatic carbocycles. The second-order valence-electron chi connectivity index (χ2n) is 13.0. The first-order chi connectivity index (χ1) is 22.6. The SMILES string of the molecule is CC.CCC(C)=O.CCC(CC(C)CCN1C(=O)Cc2ccccc21)c1ccc2c(c1)CCO2.CCCCC.CCCCCN(C)C. The van der Waals surface area contributed by atoms with Crippen molar-refractivity contribution >= 4 is 17.4 Å². The fourth-order valence-electron chi connectivity index (χ4n) is 5.54. The van der Waals surface area contributed by atoms with Gasteiger partial charge in [0, 0.05) is 25.1 Å². The van der Waals surface area contributed by atoms with Gasteiger partial charge in [-0.3, -0.25) is 4.79 Å². The minimum absolute atomic E-state index is 0.245. The lowest BCUT2D eigenvalue weighted by Crippen LogP contribution is -2.29. The average Bonchev–Trinajstić information content (AvgIpc) is 3.67. The molecule has 2 aromatic rings. The van der Waals surface area contributed by atoms with Crippen LogP contribution in [0.25, 0.3) is 0 Å². The maximum Gasteiger partial charge on any atom is 0.231 e. The van der Waals surface area contributed by atoms with Crippen LogP contribution in [0.4, 0.5) is 5.69 Å². The molecule has 0 N–H and O–H groups in total. The van der Waals surface area contributed by atoms with E-state index in [1.807, 2.05) is 37.8 Å². The van der Waals surface area contributed by atoms with Gasteiger partial charge in [-0.2, -0.15) is 0 Å². The molecule has 2 aliphatic heterocycles. The van der Waals surface area contributed by atoms with E-state index in [0.717, 1.165) is 43.9 Å². The molecule has 0 saturated heterocycles. The van der Waals surface area contributed by atoms with Crippen LogP contribution in [-0.2, 0) is 22.4 Å². The van der Waals surface area contributed by atoms with Crippen LogP contribution in [-0.4, -0.2) is 50.4 Å². The first-order valence-electron chi connectivity index (χ1n) is 18.9. The Labute approximate surface area is 290 Å². The standard InChI is InChI=1S/C24H29NO2.C7H17N.C5H12.C4H8O.C2H6/c1-3-18(19-8-9-23-21(15-19)11-13-27-23)14-17(2)10-12-25-22-7-5-4-6-20(22)16-24(25)26;1-4-5-6-7-8(2)3;1-3-5-4-2;1-3-4(2)5;1-2/h4-9,15,17-18H,3,10-14,16H2,1-2H3;4-7H2,1-3H3;3-5H2,1-2H3;3H2,1-2H3;1-2H3. The molecule has 0 spiro atoms. The van der Waals surface area contributed by atoms with Crippen LogP contribution >= 0.6 is 0 Å². The lowest BCUT2D eigenvalue weighted by atomic mass is 9.85. The van der Waals surface area contributed by atoms with E-state index >= 15 is 0 Å². The molecule has 2 unspecified atom stereocenters. The van der Waals surface area contributed by atoms with Crippen molar-refractivity contribution in [3.05, 3.63) is 59.2 Å². The van der Waals surface area contributed by atoms with E-state index < -0.39 is 0 Å². The Morgan fingerprint density at radius 2 is 1.55 bits per heavy atom. The Hall–Kier alpha value is -2.66. The zero-order valence-electron chi connectivity index (χ0n) is 32.4. The van der Waals surface area contributed by atoms with Gasteiger partial charge in [0.1, 0.15) is 11.5 Å². The van der Waals surface area contributed by atoms with Crippen LogP contribution < -0.4 is 9.64 Å². The van der Waals surface area contributed by atoms with Crippen molar-refractivity contribution in [2.45, 2.75) is 145 Å². The van der Waals surface area contributed by atoms with Crippen molar-refractivity contribution in [1.82, 2.24) is 4.90 Å². The average molecular weight is 653 g/mol. The summed E-state index contributed by atoms with van der Waals surface area (Å²) < 4.78 is 5.64. The van der Waals surface area contributed by atoms with E-state index in [4.69, 9.17) is 4.74 Å². The molecule has 47 heavy (non-hydrogen) atoms. The topological polar surface area (TPSA) is 49.9 Å². The third-order valence-electron chi connectivity index (χ3n) is 8.55. The van der Waals surface area contributed by atoms with Crippen LogP contribution in [0.2, 0.25) is 0 Å². The van der Waals surface area contributed by atoms with Crippen LogP contribution in [0.1, 0.15) is 149 Å². The number of anilines is 1. The van der Waals surface area contributed by atoms with Gasteiger partial charge in [0.25, 0.3) is 0 Å². The molecular formula is C42H72N2O3. The summed E-state index contributed by atoms with van der Waals surface area (Å²) in [6.07, 6.45) is 13.7. The van der Waals surface area contributed by atoms with Gasteiger partial charge in [-0.15, -0.1) is 0 Å². The molecule has 0 saturated carbocycles. The fraction of sp³-hybridized carbons (Fsp3) is 0.667. The van der Waals surface area contributed by atoms with E-state index in [1.165, 1.54) is 68.2 Å². The Morgan fingerprint density at radius 1 is 0.915 bits per heavy atom. The number of amides is 1. The molecule has 2 heterocycles. The van der Waals surface area contributed by atoms with E-state index in [1.54, 1.807) is 6.92 Å². The number of ether oxygens (including phenoxy) is 1. The molecular weight excluding hydrogens is 580 g/mol. The summed E-state index contributed by atoms with van der Waals surface area (Å²) in [4.78, 5) is 26.4. The summed E-state index contributed by atoms with van der Waals surface area (Å²) in [5.74, 6) is 2.72. The van der Waals surface area contributed by atoms with Gasteiger partial charge in [-0.25, -0.2) is 0 Å². The minimum Gasteiger partial charge on any atom is -0.493 e. The maximum absolute atomic E-state index is 12.4. The van der Waals surface area contributed by atoms with Crippen molar-refractivity contribution in [2.24, 2.45) is 5.92 Å². The molecule has 2 aliphatic rings. The Kier molecular flexibility index (Phi) is 25.8. The predicted octanol–water partition coefficient (Wildman–Crippen LogP) is 11.1. The summed E-state index contributed by atoms with van der Waals surface area (Å²) in [6.45, 7) is 21.6. The molecule has 5 nitrogen and oxygen atoms in total. The number of unbranched alkanes of at least 4 members (excludes halogenated alkanes) is 4. The number of fused-ring (bicyclic) bond motifs is 2. The number of para-hydroxylation sites is 1. The number of benzene rings is 2. The van der Waals surface area contributed by atoms with E-state index in [-0.39, 0.29) is 11.7 Å². The molecule has 268 valence electrons. The second kappa shape index (κ2) is 27.3. The molecule has 4 rings (SSSR count). The van der Waals surface area contributed by atoms with Crippen LogP contribution in [0.3, 0.4) is 0 Å². The number of hydrogen-bond acceptors (Lipinski definition) is 4. The number of nitrogens with zero attached hydrogens (tertiary/aromatic N) is 2. The predicted molar refractivity (Wildman–Crippen MR) is 205 cm³/mol. The van der Waals surface area contributed by atoms with E-state index in [0.29, 0.717) is 24.7 Å². The van der Waals surface area contributed by atoms with Gasteiger partial charge in [0.2, 0.25) is 5.91 Å². The second-order valence-corrected chi connectivity index (χ2v) is 13.0. The maximum atomic E-state index is 12.4. The number of carbonyl (C=O) groups is 2. The molecule has 1 amide bonds. The third kappa shape index (κ3) is 18.5. The smallest absolute Gasteiger partial charge is 0.231 e. The summed E-state index contributed by atoms with van der Waals surface area (Å²) in [5, 5.41) is 0. The Balaban J connectivity index is 0.000000870. The highest BCUT2D eigenvalue weighted by atomic mass is 16.5. The quantitative estimate of drug-likeness (QED) is 0.191. The highest BCUT2D eigenvalue weighted by Crippen LogP contribution is 2.34. The molecule has 0 radical (unpaired) electrons. The fourth-order valence-corrected chi connectivity index (χ4v) is 5.54. The molecule has 2 aromatic carbocycles. The van der Waals surface area contributed by atoms with Crippen molar-refractivity contribution < 1.29 is 14.3 Å². The first-order valence-corrected chi connectivity index (χ1v) is 18.9. The van der Waals surface area contributed by atoms with Gasteiger partial charge in [0.15, 0.2) is 0 Å². The van der Waals surface area contributed by atoms with Crippen LogP contribution in [0, 0.1) is 5.92 Å². The van der Waals surface area contributed by atoms with Crippen LogP contribution in [0.15, 0.2) is 42.5 Å². The molecule has 2 atom stereocenters. The number of ketones is 1. The van der Waals surface area contributed by atoms with Gasteiger partial charge >= 0.3 is 0 Å². The van der Waals surface area contributed by atoms with Gasteiger partial charge in [0.05, 0.1) is 13.0 Å². The summed E-state index contributed by atoms with van der Waals surface area (Å²) >= 11 is 0. The van der Waals surface area contributed by atoms with Crippen molar-refractivity contribution in [2.75, 3.05) is 38.7 Å². The summed E-state index contributed by atoms with van der Waals surface area (Å²) in [5.41, 5.74) is 5.08. The molecule has 0 aromatic heterocycles. The Bertz CT molecular complexity index is 1100. The monoisotopic (exact) mass is 653 g/mol. The molecule has 5 heteroatoms. The van der Waals surface area contributed by atoms with Crippen LogP contribution in [0.5, 0.6) is 5.75 Å². The zero-order valence-corrected chi connectivity index (χ0v) is 32.4. The van der Waals surface area contributed by atoms with Crippen molar-refractivity contribution in [3.63, 3.8) is 0 Å². The largest absolute Gasteiger partial charge is 0.493 e. The highest BCUT2D eigenvalue weighted by Gasteiger charge is 2.27. The number of Topliss-reactive ketones (excluding diaryl/α,β-unsaturated/α-hetero) is 1. The van der Waals surface area contributed by atoms with E-state index in [9.17, 15) is 9.59 Å². The molecule has 0 bridgehead atoms. The summed E-state index contributed by atoms with van der Waals surface area (Å²) in [7, 11) is 4.24. The molecule has 0 fully saturated rings.